The van der Waals surface area contributed by atoms with E-state index in [1.807, 2.05) is 19.1 Å². The zero-order valence-electron chi connectivity index (χ0n) is 14.0. The topological polar surface area (TPSA) is 73.6 Å². The molecule has 23 heavy (non-hydrogen) atoms. The van der Waals surface area contributed by atoms with Crippen molar-refractivity contribution in [1.82, 2.24) is 5.32 Å². The Morgan fingerprint density at radius 3 is 2.87 bits per heavy atom. The van der Waals surface area contributed by atoms with Crippen LogP contribution in [0.3, 0.4) is 0 Å². The van der Waals surface area contributed by atoms with Crippen molar-refractivity contribution in [1.29, 1.82) is 0 Å². The lowest BCUT2D eigenvalue weighted by Gasteiger charge is -2.22. The van der Waals surface area contributed by atoms with Crippen LogP contribution in [0.25, 0.3) is 0 Å². The van der Waals surface area contributed by atoms with Gasteiger partial charge < -0.3 is 20.5 Å². The first kappa shape index (κ1) is 16.1. The number of nitrogens with one attached hydrogen (secondary N) is 1. The number of nitrogens with two attached hydrogens (primary N) is 1. The Morgan fingerprint density at radius 2 is 2.17 bits per heavy atom. The molecule has 0 saturated heterocycles. The molecular weight excluding hydrogens is 292 g/mol. The highest BCUT2D eigenvalue weighted by Gasteiger charge is 2.36. The van der Waals surface area contributed by atoms with E-state index >= 15 is 0 Å². The molecule has 3 rings (SSSR count). The van der Waals surface area contributed by atoms with Gasteiger partial charge in [0.15, 0.2) is 0 Å². The first-order valence-corrected chi connectivity index (χ1v) is 8.54. The van der Waals surface area contributed by atoms with Crippen molar-refractivity contribution in [2.75, 3.05) is 6.61 Å². The lowest BCUT2D eigenvalue weighted by Crippen LogP contribution is -2.51. The molecule has 1 aromatic carbocycles. The van der Waals surface area contributed by atoms with Crippen LogP contribution >= 0.6 is 0 Å². The minimum absolute atomic E-state index is 0.0627. The maximum Gasteiger partial charge on any atom is 0.240 e. The summed E-state index contributed by atoms with van der Waals surface area (Å²) in [6.45, 7) is 5.03. The Balaban J connectivity index is 1.74. The fourth-order valence-corrected chi connectivity index (χ4v) is 3.49. The molecule has 1 saturated carbocycles. The predicted octanol–water partition coefficient (Wildman–Crippen LogP) is 2.30. The molecule has 0 spiro atoms. The molecule has 0 aromatic heterocycles. The third kappa shape index (κ3) is 3.29. The number of amides is 1. The molecule has 1 unspecified atom stereocenters. The molecule has 0 bridgehead atoms. The Morgan fingerprint density at radius 1 is 1.43 bits per heavy atom. The summed E-state index contributed by atoms with van der Waals surface area (Å²) in [5.74, 6) is 1.66. The molecule has 2 aliphatic rings. The maximum atomic E-state index is 12.4. The van der Waals surface area contributed by atoms with Gasteiger partial charge in [-0.25, -0.2) is 0 Å². The van der Waals surface area contributed by atoms with Crippen LogP contribution < -0.4 is 20.5 Å². The van der Waals surface area contributed by atoms with Crippen LogP contribution in [-0.2, 0) is 17.8 Å². The van der Waals surface area contributed by atoms with E-state index in [9.17, 15) is 4.79 Å². The fourth-order valence-electron chi connectivity index (χ4n) is 3.49. The van der Waals surface area contributed by atoms with Crippen molar-refractivity contribution in [3.05, 3.63) is 23.3 Å². The molecule has 1 heterocycles. The van der Waals surface area contributed by atoms with Crippen LogP contribution in [-0.4, -0.2) is 24.2 Å². The summed E-state index contributed by atoms with van der Waals surface area (Å²) in [4.78, 5) is 12.4. The van der Waals surface area contributed by atoms with Crippen molar-refractivity contribution in [3.63, 3.8) is 0 Å². The van der Waals surface area contributed by atoms with Crippen LogP contribution in [0.4, 0.5) is 0 Å². The van der Waals surface area contributed by atoms with Crippen LogP contribution in [0.15, 0.2) is 12.1 Å². The standard InChI is InChI=1S/C18H26N2O3/c1-3-22-15-9-13-8-12(2)23-16(13)10-14(15)11-20-17(21)18(19)6-4-5-7-18/h9-10,12H,3-8,11,19H2,1-2H3,(H,20,21). The number of rotatable bonds is 5. The van der Waals surface area contributed by atoms with Gasteiger partial charge in [-0.15, -0.1) is 0 Å². The molecule has 5 heteroatoms. The molecule has 3 N–H and O–H groups in total. The average Bonchev–Trinajstić information content (AvgIpc) is 3.10. The highest BCUT2D eigenvalue weighted by molar-refractivity contribution is 5.86. The van der Waals surface area contributed by atoms with Crippen molar-refractivity contribution < 1.29 is 14.3 Å². The minimum atomic E-state index is -0.701. The molecule has 1 atom stereocenters. The van der Waals surface area contributed by atoms with Gasteiger partial charge in [0.1, 0.15) is 17.6 Å². The van der Waals surface area contributed by atoms with Crippen molar-refractivity contribution in [3.8, 4) is 11.5 Å². The van der Waals surface area contributed by atoms with Gasteiger partial charge in [0.2, 0.25) is 5.91 Å². The number of ether oxygens (including phenoxy) is 2. The lowest BCUT2D eigenvalue weighted by molar-refractivity contribution is -0.126. The first-order valence-electron chi connectivity index (χ1n) is 8.54. The van der Waals surface area contributed by atoms with E-state index in [1.54, 1.807) is 0 Å². The van der Waals surface area contributed by atoms with E-state index in [1.165, 1.54) is 5.56 Å². The van der Waals surface area contributed by atoms with E-state index in [0.717, 1.165) is 49.2 Å². The van der Waals surface area contributed by atoms with Gasteiger partial charge in [0, 0.05) is 24.1 Å². The number of carbonyl (C=O) groups is 1. The number of fused-ring (bicyclic) bond motifs is 1. The van der Waals surface area contributed by atoms with Gasteiger partial charge >= 0.3 is 0 Å². The molecule has 1 aliphatic heterocycles. The Labute approximate surface area is 137 Å². The Bertz CT molecular complexity index is 594. The van der Waals surface area contributed by atoms with Crippen LogP contribution in [0.5, 0.6) is 11.5 Å². The van der Waals surface area contributed by atoms with Crippen molar-refractivity contribution in [2.45, 2.75) is 64.1 Å². The maximum absolute atomic E-state index is 12.4. The molecule has 1 amide bonds. The Kier molecular flexibility index (Phi) is 4.48. The van der Waals surface area contributed by atoms with Gasteiger partial charge in [-0.05, 0) is 38.8 Å². The third-order valence-electron chi connectivity index (χ3n) is 4.77. The molecule has 1 fully saturated rings. The summed E-state index contributed by atoms with van der Waals surface area (Å²) < 4.78 is 11.6. The first-order chi connectivity index (χ1) is 11.0. The summed E-state index contributed by atoms with van der Waals surface area (Å²) in [6, 6.07) is 4.03. The van der Waals surface area contributed by atoms with Crippen molar-refractivity contribution in [2.24, 2.45) is 5.73 Å². The van der Waals surface area contributed by atoms with Gasteiger partial charge in [-0.2, -0.15) is 0 Å². The quantitative estimate of drug-likeness (QED) is 0.873. The van der Waals surface area contributed by atoms with Gasteiger partial charge in [-0.1, -0.05) is 12.8 Å². The molecule has 5 nitrogen and oxygen atoms in total. The summed E-state index contributed by atoms with van der Waals surface area (Å²) in [5.41, 5.74) is 7.61. The SMILES string of the molecule is CCOc1cc2c(cc1CNC(=O)C1(N)CCCC1)OC(C)C2. The van der Waals surface area contributed by atoms with Crippen LogP contribution in [0.1, 0.15) is 50.7 Å². The molecule has 1 aliphatic carbocycles. The fraction of sp³-hybridized carbons (Fsp3) is 0.611. The highest BCUT2D eigenvalue weighted by atomic mass is 16.5. The van der Waals surface area contributed by atoms with E-state index in [-0.39, 0.29) is 12.0 Å². The van der Waals surface area contributed by atoms with Crippen molar-refractivity contribution >= 4 is 5.91 Å². The molecule has 0 radical (unpaired) electrons. The van der Waals surface area contributed by atoms with E-state index in [0.29, 0.717) is 13.2 Å². The van der Waals surface area contributed by atoms with Gasteiger partial charge in [-0.3, -0.25) is 4.79 Å². The number of carbonyl (C=O) groups excluding carboxylic acids is 1. The average molecular weight is 318 g/mol. The van der Waals surface area contributed by atoms with Crippen LogP contribution in [0.2, 0.25) is 0 Å². The summed E-state index contributed by atoms with van der Waals surface area (Å²) in [7, 11) is 0. The number of hydrogen-bond acceptors (Lipinski definition) is 4. The molecular formula is C18H26N2O3. The molecule has 126 valence electrons. The second-order valence-electron chi connectivity index (χ2n) is 6.68. The largest absolute Gasteiger partial charge is 0.494 e. The van der Waals surface area contributed by atoms with E-state index in [4.69, 9.17) is 15.2 Å². The highest BCUT2D eigenvalue weighted by Crippen LogP contribution is 2.35. The van der Waals surface area contributed by atoms with E-state index < -0.39 is 5.54 Å². The number of benzene rings is 1. The Hall–Kier alpha value is -1.75. The second-order valence-corrected chi connectivity index (χ2v) is 6.68. The smallest absolute Gasteiger partial charge is 0.240 e. The summed E-state index contributed by atoms with van der Waals surface area (Å²) in [5, 5.41) is 2.98. The lowest BCUT2D eigenvalue weighted by atomic mass is 9.98. The third-order valence-corrected chi connectivity index (χ3v) is 4.77. The monoisotopic (exact) mass is 318 g/mol. The summed E-state index contributed by atoms with van der Waals surface area (Å²) >= 11 is 0. The normalized spacial score (nSPS) is 21.6. The zero-order valence-corrected chi connectivity index (χ0v) is 14.0. The molecule has 1 aromatic rings. The second kappa shape index (κ2) is 6.40. The number of hydrogen-bond donors (Lipinski definition) is 2. The minimum Gasteiger partial charge on any atom is -0.494 e. The van der Waals surface area contributed by atoms with E-state index in [2.05, 4.69) is 12.2 Å². The van der Waals surface area contributed by atoms with Crippen LogP contribution in [0, 0.1) is 0 Å². The summed E-state index contributed by atoms with van der Waals surface area (Å²) in [6.07, 6.45) is 4.67. The predicted molar refractivity (Wildman–Crippen MR) is 88.6 cm³/mol. The van der Waals surface area contributed by atoms with Gasteiger partial charge in [0.05, 0.1) is 12.1 Å². The van der Waals surface area contributed by atoms with Gasteiger partial charge in [0.25, 0.3) is 0 Å². The zero-order chi connectivity index (χ0) is 16.4.